The number of aliphatic imine (C=N–C) groups is 1. The lowest BCUT2D eigenvalue weighted by atomic mass is 10.0. The van der Waals surface area contributed by atoms with E-state index < -0.39 is 23.6 Å². The molecule has 2 N–H and O–H groups in total. The maximum Gasteiger partial charge on any atom is 0.172 e. The summed E-state index contributed by atoms with van der Waals surface area (Å²) in [5.74, 6) is 3.59. The van der Waals surface area contributed by atoms with Gasteiger partial charge in [-0.3, -0.25) is 14.9 Å². The van der Waals surface area contributed by atoms with Crippen LogP contribution in [0.2, 0.25) is 0 Å². The zero-order chi connectivity index (χ0) is 27.5. The fourth-order valence-corrected chi connectivity index (χ4v) is 4.90. The highest BCUT2D eigenvalue weighted by Gasteiger charge is 2.30. The summed E-state index contributed by atoms with van der Waals surface area (Å²) < 4.78 is 60.1. The number of methoxy groups -OCH3 is 1. The summed E-state index contributed by atoms with van der Waals surface area (Å²) in [6.45, 7) is 5.08. The van der Waals surface area contributed by atoms with Crippen LogP contribution in [-0.4, -0.2) is 83.0 Å². The molecule has 0 radical (unpaired) electrons. The summed E-state index contributed by atoms with van der Waals surface area (Å²) in [5, 5.41) is 8.04. The Morgan fingerprint density at radius 3 is 2.59 bits per heavy atom. The molecule has 0 aliphatic carbocycles. The van der Waals surface area contributed by atoms with E-state index in [1.807, 2.05) is 6.92 Å². The Labute approximate surface area is 223 Å². The summed E-state index contributed by atoms with van der Waals surface area (Å²) in [7, 11) is 1.34. The number of likely N-dealkylation sites (tertiary alicyclic amines) is 1. The van der Waals surface area contributed by atoms with Crippen molar-refractivity contribution < 1.29 is 27.4 Å². The van der Waals surface area contributed by atoms with Crippen LogP contribution in [0.1, 0.15) is 37.1 Å². The lowest BCUT2D eigenvalue weighted by Crippen LogP contribution is -2.52. The molecule has 3 aromatic rings. The number of aromatic nitrogens is 3. The maximum absolute atomic E-state index is 14.6. The number of nitrogens with two attached hydrogens (primary N) is 1. The van der Waals surface area contributed by atoms with Gasteiger partial charge in [0.1, 0.15) is 47.0 Å². The molecule has 10 nitrogen and oxygen atoms in total. The number of hydrogen-bond donors (Lipinski definition) is 1. The van der Waals surface area contributed by atoms with E-state index in [9.17, 15) is 13.2 Å². The second-order valence-electron chi connectivity index (χ2n) is 9.59. The zero-order valence-corrected chi connectivity index (χ0v) is 21.7. The summed E-state index contributed by atoms with van der Waals surface area (Å²) in [6, 6.07) is 2.91. The van der Waals surface area contributed by atoms with Crippen molar-refractivity contribution in [3.8, 4) is 5.75 Å². The van der Waals surface area contributed by atoms with Gasteiger partial charge in [-0.1, -0.05) is 0 Å². The smallest absolute Gasteiger partial charge is 0.172 e. The molecule has 2 saturated heterocycles. The van der Waals surface area contributed by atoms with Gasteiger partial charge in [0.25, 0.3) is 0 Å². The minimum atomic E-state index is -0.983. The first-order valence-electron chi connectivity index (χ1n) is 12.7. The molecule has 5 heterocycles. The number of hydrogen-bond acceptors (Lipinski definition) is 9. The minimum Gasteiger partial charge on any atom is -0.488 e. The van der Waals surface area contributed by atoms with Gasteiger partial charge in [0.05, 0.1) is 43.4 Å². The van der Waals surface area contributed by atoms with Gasteiger partial charge in [0.15, 0.2) is 5.82 Å². The zero-order valence-electron chi connectivity index (χ0n) is 21.7. The minimum absolute atomic E-state index is 0.0689. The van der Waals surface area contributed by atoms with Crippen LogP contribution >= 0.6 is 0 Å². The van der Waals surface area contributed by atoms with Crippen LogP contribution in [0.5, 0.6) is 5.75 Å². The van der Waals surface area contributed by atoms with Crippen molar-refractivity contribution in [2.45, 2.75) is 38.0 Å². The van der Waals surface area contributed by atoms with E-state index in [-0.39, 0.29) is 29.6 Å². The molecule has 39 heavy (non-hydrogen) atoms. The Bertz CT molecular complexity index is 1380. The summed E-state index contributed by atoms with van der Waals surface area (Å²) in [4.78, 5) is 11.1. The highest BCUT2D eigenvalue weighted by molar-refractivity contribution is 6.47. The van der Waals surface area contributed by atoms with E-state index in [2.05, 4.69) is 20.1 Å². The van der Waals surface area contributed by atoms with Crippen molar-refractivity contribution in [3.05, 3.63) is 59.4 Å². The van der Waals surface area contributed by atoms with E-state index in [0.717, 1.165) is 51.5 Å². The standard InChI is InChI=1S/C26H30F3N7O3/c1-15(33-18-3-5-35(6-4-18)19-12-38-13-19)24(34-30)16-7-22(26-21(29)10-32-36(26)11-16)39-14-23(37-2)25-20(28)8-17(27)9-31-25/h7-11,18-19,23H,3-6,12-14,30H2,1-2H3/b33-15?,34-24+. The van der Waals surface area contributed by atoms with Gasteiger partial charge >= 0.3 is 0 Å². The third kappa shape index (κ3) is 5.75. The Hall–Kier alpha value is -3.55. The first-order valence-corrected chi connectivity index (χ1v) is 12.7. The molecule has 1 atom stereocenters. The molecule has 0 spiro atoms. The molecule has 0 amide bonds. The molecule has 2 aliphatic heterocycles. The third-order valence-electron chi connectivity index (χ3n) is 7.11. The quantitative estimate of drug-likeness (QED) is 0.250. The largest absolute Gasteiger partial charge is 0.488 e. The number of nitrogens with zero attached hydrogens (tertiary/aromatic N) is 6. The normalized spacial score (nSPS) is 18.9. The van der Waals surface area contributed by atoms with Crippen LogP contribution in [0.25, 0.3) is 5.52 Å². The highest BCUT2D eigenvalue weighted by Crippen LogP contribution is 2.28. The Morgan fingerprint density at radius 2 is 1.95 bits per heavy atom. The molecule has 2 aliphatic rings. The summed E-state index contributed by atoms with van der Waals surface area (Å²) in [5.41, 5.74) is 1.48. The molecule has 0 aromatic carbocycles. The Morgan fingerprint density at radius 1 is 1.18 bits per heavy atom. The summed E-state index contributed by atoms with van der Waals surface area (Å²) >= 11 is 0. The van der Waals surface area contributed by atoms with Crippen LogP contribution in [0.15, 0.2) is 40.8 Å². The van der Waals surface area contributed by atoms with Crippen molar-refractivity contribution in [2.24, 2.45) is 15.9 Å². The van der Waals surface area contributed by atoms with Gasteiger partial charge in [-0.15, -0.1) is 0 Å². The fraction of sp³-hybridized carbons (Fsp3) is 0.462. The monoisotopic (exact) mass is 545 g/mol. The lowest BCUT2D eigenvalue weighted by Gasteiger charge is -2.40. The van der Waals surface area contributed by atoms with Gasteiger partial charge < -0.3 is 20.1 Å². The van der Waals surface area contributed by atoms with Crippen LogP contribution in [0.4, 0.5) is 13.2 Å². The number of halogens is 3. The average Bonchev–Trinajstić information content (AvgIpc) is 3.26. The molecule has 0 saturated carbocycles. The fourth-order valence-electron chi connectivity index (χ4n) is 4.90. The molecular formula is C26H30F3N7O3. The lowest BCUT2D eigenvalue weighted by molar-refractivity contribution is -0.0709. The molecule has 0 bridgehead atoms. The Kier molecular flexibility index (Phi) is 8.10. The topological polar surface area (TPSA) is 112 Å². The Balaban J connectivity index is 1.36. The van der Waals surface area contributed by atoms with Gasteiger partial charge in [0.2, 0.25) is 0 Å². The first-order chi connectivity index (χ1) is 18.9. The SMILES string of the molecule is COC(COc1cc(/C(=N/N)C(C)=NC2CCN(C3COC3)CC2)cn2ncc(F)c12)c1ncc(F)cc1F. The highest BCUT2D eigenvalue weighted by atomic mass is 19.1. The second kappa shape index (κ2) is 11.7. The second-order valence-corrected chi connectivity index (χ2v) is 9.59. The van der Waals surface area contributed by atoms with E-state index in [0.29, 0.717) is 29.1 Å². The van der Waals surface area contributed by atoms with Crippen molar-refractivity contribution >= 4 is 16.9 Å². The van der Waals surface area contributed by atoms with Crippen molar-refractivity contribution in [1.82, 2.24) is 19.5 Å². The number of hydrazone groups is 1. The van der Waals surface area contributed by atoms with Crippen molar-refractivity contribution in [1.29, 1.82) is 0 Å². The van der Waals surface area contributed by atoms with E-state index in [1.54, 1.807) is 12.3 Å². The van der Waals surface area contributed by atoms with Gasteiger partial charge in [0, 0.05) is 38.0 Å². The van der Waals surface area contributed by atoms with Crippen molar-refractivity contribution in [3.63, 3.8) is 0 Å². The van der Waals surface area contributed by atoms with Crippen LogP contribution in [0.3, 0.4) is 0 Å². The van der Waals surface area contributed by atoms with Gasteiger partial charge in [-0.2, -0.15) is 10.2 Å². The molecule has 208 valence electrons. The predicted octanol–water partition coefficient (Wildman–Crippen LogP) is 2.90. The molecule has 5 rings (SSSR count). The number of rotatable bonds is 9. The first kappa shape index (κ1) is 27.0. The van der Waals surface area contributed by atoms with Crippen LogP contribution in [-0.2, 0) is 9.47 Å². The van der Waals surface area contributed by atoms with Crippen LogP contribution in [0, 0.1) is 17.5 Å². The number of fused-ring (bicyclic) bond motifs is 1. The number of piperidine rings is 1. The third-order valence-corrected chi connectivity index (χ3v) is 7.11. The predicted molar refractivity (Wildman–Crippen MR) is 138 cm³/mol. The summed E-state index contributed by atoms with van der Waals surface area (Å²) in [6.07, 6.45) is 4.37. The molecular weight excluding hydrogens is 515 g/mol. The number of ether oxygens (including phenoxy) is 3. The van der Waals surface area contributed by atoms with Gasteiger partial charge in [-0.25, -0.2) is 17.7 Å². The molecule has 1 unspecified atom stereocenters. The van der Waals surface area contributed by atoms with E-state index in [1.165, 1.54) is 11.6 Å². The van der Waals surface area contributed by atoms with Crippen LogP contribution < -0.4 is 10.6 Å². The van der Waals surface area contributed by atoms with E-state index >= 15 is 0 Å². The van der Waals surface area contributed by atoms with Crippen molar-refractivity contribution in [2.75, 3.05) is 40.0 Å². The molecule has 13 heteroatoms. The van der Waals surface area contributed by atoms with Gasteiger partial charge in [-0.05, 0) is 25.8 Å². The molecule has 3 aromatic heterocycles. The number of pyridine rings is 2. The van der Waals surface area contributed by atoms with E-state index in [4.69, 9.17) is 25.0 Å². The maximum atomic E-state index is 14.6. The average molecular weight is 546 g/mol. The molecule has 2 fully saturated rings.